The SMILES string of the molecule is C=C1C=C2C(c3ccccc3)N(Cc3ccc(CC)cc3)CCN2C=C1CCC1=CC=CCC1. The maximum absolute atomic E-state index is 4.48. The molecule has 2 heterocycles. The van der Waals surface area contributed by atoms with Crippen LogP contribution in [-0.2, 0) is 13.0 Å². The van der Waals surface area contributed by atoms with Crippen LogP contribution in [0.4, 0.5) is 0 Å². The van der Waals surface area contributed by atoms with Crippen LogP contribution in [0.15, 0.2) is 114 Å². The van der Waals surface area contributed by atoms with E-state index < -0.39 is 0 Å². The first-order valence-corrected chi connectivity index (χ1v) is 12.8. The van der Waals surface area contributed by atoms with Crippen LogP contribution in [0.5, 0.6) is 0 Å². The van der Waals surface area contributed by atoms with E-state index in [0.717, 1.165) is 38.9 Å². The molecule has 1 fully saturated rings. The summed E-state index contributed by atoms with van der Waals surface area (Å²) in [6.07, 6.45) is 17.2. The van der Waals surface area contributed by atoms with Gasteiger partial charge in [0.15, 0.2) is 0 Å². The molecule has 0 aromatic heterocycles. The molecule has 2 heteroatoms. The molecule has 0 N–H and O–H groups in total. The van der Waals surface area contributed by atoms with Crippen LogP contribution in [0, 0.1) is 0 Å². The summed E-state index contributed by atoms with van der Waals surface area (Å²) in [6, 6.07) is 20.4. The predicted molar refractivity (Wildman–Crippen MR) is 143 cm³/mol. The van der Waals surface area contributed by atoms with Crippen LogP contribution in [-0.4, -0.2) is 22.9 Å². The molecule has 1 atom stereocenters. The number of fused-ring (bicyclic) bond motifs is 1. The highest BCUT2D eigenvalue weighted by molar-refractivity contribution is 5.47. The average molecular weight is 449 g/mol. The quantitative estimate of drug-likeness (QED) is 0.433. The molecule has 34 heavy (non-hydrogen) atoms. The van der Waals surface area contributed by atoms with Crippen molar-refractivity contribution in [2.45, 2.75) is 51.6 Å². The molecular formula is C32H36N2. The molecule has 3 aliphatic rings. The molecule has 5 rings (SSSR count). The smallest absolute Gasteiger partial charge is 0.0759 e. The summed E-state index contributed by atoms with van der Waals surface area (Å²) in [5.41, 5.74) is 9.61. The molecule has 0 bridgehead atoms. The van der Waals surface area contributed by atoms with Gasteiger partial charge in [0.05, 0.1) is 6.04 Å². The highest BCUT2D eigenvalue weighted by Crippen LogP contribution is 2.40. The third kappa shape index (κ3) is 5.03. The largest absolute Gasteiger partial charge is 0.348 e. The summed E-state index contributed by atoms with van der Waals surface area (Å²) in [6.45, 7) is 9.71. The van der Waals surface area contributed by atoms with Gasteiger partial charge in [0.1, 0.15) is 0 Å². The van der Waals surface area contributed by atoms with Crippen LogP contribution in [0.25, 0.3) is 0 Å². The number of aryl methyl sites for hydroxylation is 1. The van der Waals surface area contributed by atoms with Crippen molar-refractivity contribution in [3.8, 4) is 0 Å². The van der Waals surface area contributed by atoms with Gasteiger partial charge >= 0.3 is 0 Å². The summed E-state index contributed by atoms with van der Waals surface area (Å²) in [5, 5.41) is 0. The first-order valence-electron chi connectivity index (χ1n) is 12.8. The van der Waals surface area contributed by atoms with E-state index in [9.17, 15) is 0 Å². The van der Waals surface area contributed by atoms with E-state index in [1.54, 1.807) is 5.57 Å². The van der Waals surface area contributed by atoms with Gasteiger partial charge in [-0.3, -0.25) is 4.90 Å². The lowest BCUT2D eigenvalue weighted by Gasteiger charge is -2.45. The Labute approximate surface area is 205 Å². The van der Waals surface area contributed by atoms with Crippen molar-refractivity contribution < 1.29 is 0 Å². The van der Waals surface area contributed by atoms with Gasteiger partial charge in [-0.1, -0.05) is 91.9 Å². The zero-order chi connectivity index (χ0) is 23.3. The Morgan fingerprint density at radius 3 is 2.47 bits per heavy atom. The first-order chi connectivity index (χ1) is 16.7. The minimum Gasteiger partial charge on any atom is -0.348 e. The summed E-state index contributed by atoms with van der Waals surface area (Å²) in [7, 11) is 0. The van der Waals surface area contributed by atoms with Gasteiger partial charge in [-0.2, -0.15) is 0 Å². The lowest BCUT2D eigenvalue weighted by Crippen LogP contribution is -2.45. The third-order valence-corrected chi connectivity index (χ3v) is 7.40. The van der Waals surface area contributed by atoms with Gasteiger partial charge in [-0.15, -0.1) is 0 Å². The van der Waals surface area contributed by atoms with Gasteiger partial charge in [0.2, 0.25) is 0 Å². The van der Waals surface area contributed by atoms with Gasteiger partial charge in [-0.05, 0) is 66.0 Å². The summed E-state index contributed by atoms with van der Waals surface area (Å²) in [5.74, 6) is 0. The summed E-state index contributed by atoms with van der Waals surface area (Å²) >= 11 is 0. The fourth-order valence-electron chi connectivity index (χ4n) is 5.36. The van der Waals surface area contributed by atoms with Crippen molar-refractivity contribution in [1.29, 1.82) is 0 Å². The molecular weight excluding hydrogens is 412 g/mol. The maximum atomic E-state index is 4.48. The Morgan fingerprint density at radius 2 is 1.74 bits per heavy atom. The maximum Gasteiger partial charge on any atom is 0.0759 e. The number of nitrogens with zero attached hydrogens (tertiary/aromatic N) is 2. The second-order valence-electron chi connectivity index (χ2n) is 9.69. The van der Waals surface area contributed by atoms with Gasteiger partial charge in [-0.25, -0.2) is 0 Å². The Kier molecular flexibility index (Phi) is 6.97. The van der Waals surface area contributed by atoms with E-state index in [1.807, 2.05) is 0 Å². The minimum absolute atomic E-state index is 0.238. The molecule has 0 amide bonds. The number of benzene rings is 2. The van der Waals surface area contributed by atoms with Crippen molar-refractivity contribution in [3.63, 3.8) is 0 Å². The van der Waals surface area contributed by atoms with E-state index in [1.165, 1.54) is 46.4 Å². The lowest BCUT2D eigenvalue weighted by molar-refractivity contribution is 0.134. The van der Waals surface area contributed by atoms with E-state index in [-0.39, 0.29) is 6.04 Å². The molecule has 2 aliphatic heterocycles. The van der Waals surface area contributed by atoms with Crippen molar-refractivity contribution in [3.05, 3.63) is 131 Å². The van der Waals surface area contributed by atoms with Crippen molar-refractivity contribution in [2.75, 3.05) is 13.1 Å². The number of rotatable bonds is 7. The average Bonchev–Trinajstić information content (AvgIpc) is 2.89. The van der Waals surface area contributed by atoms with Crippen LogP contribution in [0.2, 0.25) is 0 Å². The molecule has 2 aromatic carbocycles. The van der Waals surface area contributed by atoms with Gasteiger partial charge < -0.3 is 4.90 Å². The van der Waals surface area contributed by atoms with Crippen molar-refractivity contribution >= 4 is 0 Å². The minimum atomic E-state index is 0.238. The summed E-state index contributed by atoms with van der Waals surface area (Å²) < 4.78 is 0. The molecule has 1 saturated heterocycles. The van der Waals surface area contributed by atoms with E-state index in [4.69, 9.17) is 0 Å². The lowest BCUT2D eigenvalue weighted by atomic mass is 9.90. The zero-order valence-electron chi connectivity index (χ0n) is 20.4. The van der Waals surface area contributed by atoms with Crippen molar-refractivity contribution in [1.82, 2.24) is 9.80 Å². The molecule has 0 saturated carbocycles. The number of hydrogen-bond donors (Lipinski definition) is 0. The molecule has 1 aliphatic carbocycles. The molecule has 174 valence electrons. The second kappa shape index (κ2) is 10.4. The number of hydrogen-bond acceptors (Lipinski definition) is 2. The highest BCUT2D eigenvalue weighted by Gasteiger charge is 2.34. The van der Waals surface area contributed by atoms with E-state index in [0.29, 0.717) is 0 Å². The van der Waals surface area contributed by atoms with Crippen LogP contribution < -0.4 is 0 Å². The third-order valence-electron chi connectivity index (χ3n) is 7.40. The standard InChI is InChI=1S/C32H36N2/c1-3-26-14-16-28(17-15-26)23-34-21-20-33-24-30(19-18-27-10-6-4-7-11-27)25(2)22-31(33)32(34)29-12-8-5-9-13-29/h4-6,8-10,12-17,22,24,32H,2-3,7,11,18-21,23H2,1H3. The molecule has 0 radical (unpaired) electrons. The fourth-order valence-corrected chi connectivity index (χ4v) is 5.36. The zero-order valence-corrected chi connectivity index (χ0v) is 20.4. The van der Waals surface area contributed by atoms with Gasteiger partial charge in [0, 0.05) is 31.5 Å². The Balaban J connectivity index is 1.38. The normalized spacial score (nSPS) is 20.5. The first kappa shape index (κ1) is 22.7. The van der Waals surface area contributed by atoms with Crippen LogP contribution in [0.1, 0.15) is 55.3 Å². The monoisotopic (exact) mass is 448 g/mol. The van der Waals surface area contributed by atoms with Crippen molar-refractivity contribution in [2.24, 2.45) is 0 Å². The fraction of sp³-hybridized carbons (Fsp3) is 0.312. The van der Waals surface area contributed by atoms with Crippen LogP contribution in [0.3, 0.4) is 0 Å². The van der Waals surface area contributed by atoms with E-state index >= 15 is 0 Å². The van der Waals surface area contributed by atoms with E-state index in [2.05, 4.69) is 108 Å². The molecule has 2 nitrogen and oxygen atoms in total. The van der Waals surface area contributed by atoms with Gasteiger partial charge in [0.25, 0.3) is 0 Å². The molecule has 0 spiro atoms. The second-order valence-corrected chi connectivity index (χ2v) is 9.69. The highest BCUT2D eigenvalue weighted by atomic mass is 15.3. The Bertz CT molecular complexity index is 1130. The topological polar surface area (TPSA) is 6.48 Å². The summed E-state index contributed by atoms with van der Waals surface area (Å²) in [4.78, 5) is 5.12. The van der Waals surface area contributed by atoms with Crippen LogP contribution >= 0.6 is 0 Å². The number of allylic oxidation sites excluding steroid dienone is 7. The Hall–Kier alpha value is -3.10. The Morgan fingerprint density at radius 1 is 0.941 bits per heavy atom. The predicted octanol–water partition coefficient (Wildman–Crippen LogP) is 7.50. The molecule has 2 aromatic rings. The number of piperazine rings is 1. The molecule has 1 unspecified atom stereocenters.